The lowest BCUT2D eigenvalue weighted by atomic mass is 9.96. The van der Waals surface area contributed by atoms with Gasteiger partial charge in [0.25, 0.3) is 0 Å². The van der Waals surface area contributed by atoms with Crippen molar-refractivity contribution < 1.29 is 0 Å². The second kappa shape index (κ2) is 13.1. The highest BCUT2D eigenvalue weighted by Gasteiger charge is 2.14. The van der Waals surface area contributed by atoms with Crippen LogP contribution in [-0.4, -0.2) is 0 Å². The van der Waals surface area contributed by atoms with E-state index in [9.17, 15) is 0 Å². The molecule has 2 heteroatoms. The first-order valence-corrected chi connectivity index (χ1v) is 14.4. The maximum Gasteiger partial charge on any atom is 0.0518 e. The molecule has 2 atom stereocenters. The first kappa shape index (κ1) is 24.9. The molecule has 0 radical (unpaired) electrons. The Labute approximate surface area is 203 Å². The van der Waals surface area contributed by atoms with Gasteiger partial charge in [0.2, 0.25) is 0 Å². The van der Waals surface area contributed by atoms with Gasteiger partial charge in [-0.1, -0.05) is 89.9 Å². The Bertz CT molecular complexity index is 1050. The number of rotatable bonds is 10. The molecule has 0 bridgehead atoms. The van der Waals surface area contributed by atoms with E-state index >= 15 is 0 Å². The number of unbranched alkanes of at least 4 members (excludes halogenated alkanes) is 4. The first-order chi connectivity index (χ1) is 15.7. The highest BCUT2D eigenvalue weighted by molar-refractivity contribution is 7.19. The third-order valence-corrected chi connectivity index (χ3v) is 8.29. The molecule has 0 saturated heterocycles. The minimum Gasteiger partial charge on any atom is -0.142 e. The smallest absolute Gasteiger partial charge is 0.0518 e. The largest absolute Gasteiger partial charge is 0.142 e. The fourth-order valence-corrected chi connectivity index (χ4v) is 6.10. The molecule has 0 fully saturated rings. The number of hydrogen-bond acceptors (Lipinski definition) is 2. The van der Waals surface area contributed by atoms with Gasteiger partial charge in [-0.2, -0.15) is 0 Å². The van der Waals surface area contributed by atoms with E-state index < -0.39 is 0 Å². The summed E-state index contributed by atoms with van der Waals surface area (Å²) >= 11 is 3.64. The Morgan fingerprint density at radius 3 is 1.62 bits per heavy atom. The fourth-order valence-electron chi connectivity index (χ4n) is 4.27. The molecule has 0 N–H and O–H groups in total. The number of fused-ring (bicyclic) bond motifs is 2. The maximum absolute atomic E-state index is 3.65. The van der Waals surface area contributed by atoms with Gasteiger partial charge in [0, 0.05) is 22.6 Å². The molecule has 0 nitrogen and oxygen atoms in total. The van der Waals surface area contributed by atoms with Crippen LogP contribution < -0.4 is 0 Å². The van der Waals surface area contributed by atoms with Crippen LogP contribution >= 0.6 is 22.7 Å². The second-order valence-electron chi connectivity index (χ2n) is 8.82. The van der Waals surface area contributed by atoms with Gasteiger partial charge in [0.05, 0.1) is 20.5 Å². The van der Waals surface area contributed by atoms with E-state index in [1.807, 2.05) is 22.7 Å². The summed E-state index contributed by atoms with van der Waals surface area (Å²) in [6.07, 6.45) is 12.5. The van der Waals surface area contributed by atoms with Gasteiger partial charge in [-0.15, -0.1) is 22.7 Å². The molecule has 0 aliphatic heterocycles. The molecule has 1 aromatic carbocycles. The zero-order chi connectivity index (χ0) is 22.8. The van der Waals surface area contributed by atoms with Gasteiger partial charge >= 0.3 is 0 Å². The highest BCUT2D eigenvalue weighted by atomic mass is 32.1. The maximum atomic E-state index is 3.65. The minimum absolute atomic E-state index is 0.496. The summed E-state index contributed by atoms with van der Waals surface area (Å²) in [5.41, 5.74) is 2.44. The molecule has 2 heterocycles. The van der Waals surface area contributed by atoms with Gasteiger partial charge in [-0.25, -0.2) is 0 Å². The minimum atomic E-state index is 0.496. The van der Waals surface area contributed by atoms with Crippen molar-refractivity contribution in [1.29, 1.82) is 0 Å². The standard InChI is InChI=1S/C30H38S2/c1-5-9-11-12-14-24(8-4)16-18-26-28-20-22-31-29(28)25(27-19-21-32-30(26)27)17-15-23(7-3)13-10-6-2/h19-24H,5-14H2,1-4H3. The lowest BCUT2D eigenvalue weighted by Crippen LogP contribution is -1.96. The van der Waals surface area contributed by atoms with Gasteiger partial charge in [-0.3, -0.25) is 0 Å². The van der Waals surface area contributed by atoms with Crippen LogP contribution in [0.1, 0.15) is 103 Å². The van der Waals surface area contributed by atoms with E-state index in [0.29, 0.717) is 11.8 Å². The lowest BCUT2D eigenvalue weighted by Gasteiger charge is -2.08. The van der Waals surface area contributed by atoms with Gasteiger partial charge < -0.3 is 0 Å². The fraction of sp³-hybridized carbons (Fsp3) is 0.533. The van der Waals surface area contributed by atoms with Crippen molar-refractivity contribution in [1.82, 2.24) is 0 Å². The molecule has 3 rings (SSSR count). The Kier molecular flexibility index (Phi) is 10.2. The predicted octanol–water partition coefficient (Wildman–Crippen LogP) is 10.0. The summed E-state index contributed by atoms with van der Waals surface area (Å²) in [5.74, 6) is 15.5. The predicted molar refractivity (Wildman–Crippen MR) is 147 cm³/mol. The summed E-state index contributed by atoms with van der Waals surface area (Å²) in [5, 5.41) is 7.01. The van der Waals surface area contributed by atoms with Crippen molar-refractivity contribution >= 4 is 42.8 Å². The van der Waals surface area contributed by atoms with Gasteiger partial charge in [-0.05, 0) is 48.6 Å². The quantitative estimate of drug-likeness (QED) is 0.208. The SMILES string of the molecule is CCCCCCC(C#Cc1c2ccsc2c(C#CC(CC)CCCC)c2ccsc12)CC. The Hall–Kier alpha value is -1.74. The van der Waals surface area contributed by atoms with Crippen molar-refractivity contribution in [3.05, 3.63) is 34.0 Å². The van der Waals surface area contributed by atoms with Crippen LogP contribution in [-0.2, 0) is 0 Å². The number of thiophene rings is 2. The summed E-state index contributed by atoms with van der Waals surface area (Å²) in [6, 6.07) is 4.51. The molecule has 0 aliphatic rings. The molecular weight excluding hydrogens is 424 g/mol. The monoisotopic (exact) mass is 462 g/mol. The average molecular weight is 463 g/mol. The van der Waals surface area contributed by atoms with Crippen LogP contribution in [0.4, 0.5) is 0 Å². The Balaban J connectivity index is 1.97. The van der Waals surface area contributed by atoms with E-state index in [-0.39, 0.29) is 0 Å². The first-order valence-electron chi connectivity index (χ1n) is 12.7. The van der Waals surface area contributed by atoms with Gasteiger partial charge in [0.1, 0.15) is 0 Å². The Morgan fingerprint density at radius 1 is 0.656 bits per heavy atom. The Morgan fingerprint density at radius 2 is 1.16 bits per heavy atom. The molecular formula is C30H38S2. The van der Waals surface area contributed by atoms with Crippen molar-refractivity contribution in [2.75, 3.05) is 0 Å². The van der Waals surface area contributed by atoms with Crippen LogP contribution in [0.25, 0.3) is 20.2 Å². The van der Waals surface area contributed by atoms with Crippen LogP contribution in [0.2, 0.25) is 0 Å². The summed E-state index contributed by atoms with van der Waals surface area (Å²) in [6.45, 7) is 9.08. The third-order valence-electron chi connectivity index (χ3n) is 6.42. The molecule has 2 aromatic heterocycles. The van der Waals surface area contributed by atoms with Crippen molar-refractivity contribution in [2.45, 2.75) is 91.9 Å². The van der Waals surface area contributed by atoms with Crippen molar-refractivity contribution in [2.24, 2.45) is 11.8 Å². The summed E-state index contributed by atoms with van der Waals surface area (Å²) < 4.78 is 2.63. The second-order valence-corrected chi connectivity index (χ2v) is 10.6. The normalized spacial score (nSPS) is 12.9. The number of hydrogen-bond donors (Lipinski definition) is 0. The highest BCUT2D eigenvalue weighted by Crippen LogP contribution is 2.38. The number of benzene rings is 1. The lowest BCUT2D eigenvalue weighted by molar-refractivity contribution is 0.531. The van der Waals surface area contributed by atoms with Crippen LogP contribution in [0.5, 0.6) is 0 Å². The molecule has 2 unspecified atom stereocenters. The van der Waals surface area contributed by atoms with Crippen molar-refractivity contribution in [3.8, 4) is 23.7 Å². The van der Waals surface area contributed by atoms with E-state index in [4.69, 9.17) is 0 Å². The zero-order valence-corrected chi connectivity index (χ0v) is 22.0. The van der Waals surface area contributed by atoms with E-state index in [1.165, 1.54) is 82.7 Å². The van der Waals surface area contributed by atoms with Crippen LogP contribution in [0.3, 0.4) is 0 Å². The molecule has 3 aromatic rings. The van der Waals surface area contributed by atoms with E-state index in [0.717, 1.165) is 12.8 Å². The zero-order valence-electron chi connectivity index (χ0n) is 20.4. The summed E-state index contributed by atoms with van der Waals surface area (Å²) in [4.78, 5) is 0. The molecule has 0 amide bonds. The molecule has 32 heavy (non-hydrogen) atoms. The van der Waals surface area contributed by atoms with Crippen molar-refractivity contribution in [3.63, 3.8) is 0 Å². The topological polar surface area (TPSA) is 0 Å². The summed E-state index contributed by atoms with van der Waals surface area (Å²) in [7, 11) is 0. The van der Waals surface area contributed by atoms with Gasteiger partial charge in [0.15, 0.2) is 0 Å². The average Bonchev–Trinajstić information content (AvgIpc) is 3.49. The molecule has 0 saturated carbocycles. The third kappa shape index (κ3) is 6.19. The van der Waals surface area contributed by atoms with E-state index in [2.05, 4.69) is 74.3 Å². The molecule has 0 aliphatic carbocycles. The molecule has 170 valence electrons. The van der Waals surface area contributed by atoms with E-state index in [1.54, 1.807) is 0 Å². The van der Waals surface area contributed by atoms with Crippen LogP contribution in [0.15, 0.2) is 22.9 Å². The molecule has 0 spiro atoms. The van der Waals surface area contributed by atoms with Crippen LogP contribution in [0, 0.1) is 35.5 Å².